The van der Waals surface area contributed by atoms with E-state index in [1.54, 1.807) is 20.3 Å². The molecule has 138 valence electrons. The molecule has 6 nitrogen and oxygen atoms in total. The fourth-order valence-electron chi connectivity index (χ4n) is 6.15. The summed E-state index contributed by atoms with van der Waals surface area (Å²) < 4.78 is 23.0. The fraction of sp³-hybridized carbons (Fsp3) is 0.789. The third-order valence-electron chi connectivity index (χ3n) is 6.91. The van der Waals surface area contributed by atoms with Crippen LogP contribution in [0.5, 0.6) is 0 Å². The number of carbonyl (C=O) groups excluding carboxylic acids is 2. The van der Waals surface area contributed by atoms with E-state index in [0.29, 0.717) is 12.8 Å². The van der Waals surface area contributed by atoms with Crippen LogP contribution in [0, 0.1) is 28.1 Å². The van der Waals surface area contributed by atoms with E-state index in [-0.39, 0.29) is 23.2 Å². The lowest BCUT2D eigenvalue weighted by molar-refractivity contribution is -0.226. The largest absolute Gasteiger partial charge is 0.461 e. The van der Waals surface area contributed by atoms with Gasteiger partial charge in [0.1, 0.15) is 12.0 Å². The average molecular weight is 350 g/mol. The summed E-state index contributed by atoms with van der Waals surface area (Å²) in [6.07, 6.45) is 3.43. The Bertz CT molecular complexity index is 649. The molecule has 25 heavy (non-hydrogen) atoms. The monoisotopic (exact) mass is 350 g/mol. The van der Waals surface area contributed by atoms with Crippen molar-refractivity contribution in [2.45, 2.75) is 52.3 Å². The second-order valence-electron chi connectivity index (χ2n) is 8.80. The Kier molecular flexibility index (Phi) is 3.54. The van der Waals surface area contributed by atoms with Crippen LogP contribution in [0.15, 0.2) is 12.2 Å². The van der Waals surface area contributed by atoms with E-state index in [4.69, 9.17) is 18.9 Å². The standard InChI is InChI=1S/C19H26O6/c1-17(2,3)11-8-12-18(7-6-10(20)14(18)15(21)24-12)19(11)9-13(22-4)25-16(19)23-5/h6-7,11-14,16H,8-9H2,1-5H3/t11-,12+,13-,14-,16+,18-,19+/m0/s1. The van der Waals surface area contributed by atoms with Crippen molar-refractivity contribution in [3.8, 4) is 0 Å². The third kappa shape index (κ3) is 1.85. The van der Waals surface area contributed by atoms with Crippen molar-refractivity contribution in [1.29, 1.82) is 0 Å². The summed E-state index contributed by atoms with van der Waals surface area (Å²) in [7, 11) is 3.22. The van der Waals surface area contributed by atoms with E-state index < -0.39 is 35.3 Å². The Morgan fingerprint density at radius 1 is 1.20 bits per heavy atom. The molecule has 6 heteroatoms. The van der Waals surface area contributed by atoms with E-state index in [1.165, 1.54) is 0 Å². The molecular weight excluding hydrogens is 324 g/mol. The summed E-state index contributed by atoms with van der Waals surface area (Å²) in [6, 6.07) is 0. The molecule has 0 bridgehead atoms. The van der Waals surface area contributed by atoms with Gasteiger partial charge in [-0.2, -0.15) is 0 Å². The van der Waals surface area contributed by atoms with Crippen LogP contribution in [0.2, 0.25) is 0 Å². The van der Waals surface area contributed by atoms with Crippen molar-refractivity contribution in [3.05, 3.63) is 12.2 Å². The van der Waals surface area contributed by atoms with Crippen LogP contribution in [0.3, 0.4) is 0 Å². The maximum Gasteiger partial charge on any atom is 0.318 e. The number of esters is 1. The van der Waals surface area contributed by atoms with Gasteiger partial charge in [-0.25, -0.2) is 0 Å². The van der Waals surface area contributed by atoms with E-state index in [1.807, 2.05) is 6.08 Å². The third-order valence-corrected chi connectivity index (χ3v) is 6.91. The molecule has 0 radical (unpaired) electrons. The zero-order valence-corrected chi connectivity index (χ0v) is 15.4. The van der Waals surface area contributed by atoms with Crippen LogP contribution in [0.1, 0.15) is 33.6 Å². The molecule has 0 aromatic carbocycles. The van der Waals surface area contributed by atoms with Gasteiger partial charge in [0.15, 0.2) is 18.4 Å². The van der Waals surface area contributed by atoms with Gasteiger partial charge < -0.3 is 18.9 Å². The molecule has 0 aromatic rings. The van der Waals surface area contributed by atoms with Crippen LogP contribution in [-0.2, 0) is 28.5 Å². The number of ketones is 1. The van der Waals surface area contributed by atoms with Crippen molar-refractivity contribution >= 4 is 11.8 Å². The smallest absolute Gasteiger partial charge is 0.318 e. The quantitative estimate of drug-likeness (QED) is 0.561. The van der Waals surface area contributed by atoms with Gasteiger partial charge in [0.05, 0.1) is 5.41 Å². The molecule has 2 aliphatic heterocycles. The van der Waals surface area contributed by atoms with Gasteiger partial charge in [0.25, 0.3) is 0 Å². The van der Waals surface area contributed by atoms with E-state index in [9.17, 15) is 9.59 Å². The van der Waals surface area contributed by atoms with Crippen molar-refractivity contribution in [2.24, 2.45) is 28.1 Å². The minimum absolute atomic E-state index is 0.0711. The predicted octanol–water partition coefficient (Wildman–Crippen LogP) is 2.07. The molecule has 2 heterocycles. The number of carbonyl (C=O) groups is 2. The Hall–Kier alpha value is -1.24. The molecule has 4 rings (SSSR count). The molecule has 2 spiro atoms. The first-order valence-corrected chi connectivity index (χ1v) is 8.87. The van der Waals surface area contributed by atoms with E-state index in [2.05, 4.69) is 20.8 Å². The number of hydrogen-bond donors (Lipinski definition) is 0. The summed E-state index contributed by atoms with van der Waals surface area (Å²) >= 11 is 0. The van der Waals surface area contributed by atoms with Crippen molar-refractivity contribution < 1.29 is 28.5 Å². The number of ether oxygens (including phenoxy) is 4. The van der Waals surface area contributed by atoms with Crippen molar-refractivity contribution in [2.75, 3.05) is 14.2 Å². The van der Waals surface area contributed by atoms with Crippen LogP contribution in [0.4, 0.5) is 0 Å². The summed E-state index contributed by atoms with van der Waals surface area (Å²) in [6.45, 7) is 6.55. The molecule has 7 atom stereocenters. The highest BCUT2D eigenvalue weighted by molar-refractivity contribution is 6.10. The number of hydrogen-bond acceptors (Lipinski definition) is 6. The van der Waals surface area contributed by atoms with E-state index >= 15 is 0 Å². The fourth-order valence-corrected chi connectivity index (χ4v) is 6.15. The molecule has 2 saturated heterocycles. The normalized spacial score (nSPS) is 48.3. The lowest BCUT2D eigenvalue weighted by Crippen LogP contribution is -2.54. The van der Waals surface area contributed by atoms with Gasteiger partial charge >= 0.3 is 5.97 Å². The molecule has 2 aliphatic carbocycles. The second-order valence-corrected chi connectivity index (χ2v) is 8.80. The highest BCUT2D eigenvalue weighted by Crippen LogP contribution is 2.74. The molecule has 1 saturated carbocycles. The molecule has 0 aromatic heterocycles. The Labute approximate surface area is 147 Å². The zero-order valence-electron chi connectivity index (χ0n) is 15.4. The Morgan fingerprint density at radius 3 is 2.52 bits per heavy atom. The number of allylic oxidation sites excluding steroid dienone is 1. The maximum absolute atomic E-state index is 12.5. The highest BCUT2D eigenvalue weighted by atomic mass is 16.8. The molecule has 3 fully saturated rings. The van der Waals surface area contributed by atoms with Gasteiger partial charge in [-0.15, -0.1) is 0 Å². The molecule has 0 amide bonds. The lowest BCUT2D eigenvalue weighted by atomic mass is 9.53. The number of rotatable bonds is 2. The molecule has 4 aliphatic rings. The van der Waals surface area contributed by atoms with Crippen molar-refractivity contribution in [1.82, 2.24) is 0 Å². The van der Waals surface area contributed by atoms with Gasteiger partial charge in [-0.3, -0.25) is 9.59 Å². The zero-order chi connectivity index (χ0) is 18.2. The Balaban J connectivity index is 1.94. The molecule has 0 N–H and O–H groups in total. The minimum Gasteiger partial charge on any atom is -0.461 e. The van der Waals surface area contributed by atoms with Crippen LogP contribution in [0.25, 0.3) is 0 Å². The van der Waals surface area contributed by atoms with Gasteiger partial charge in [0, 0.05) is 26.1 Å². The molecular formula is C19H26O6. The predicted molar refractivity (Wildman–Crippen MR) is 87.2 cm³/mol. The summed E-state index contributed by atoms with van der Waals surface area (Å²) in [4.78, 5) is 25.1. The number of methoxy groups -OCH3 is 2. The first-order chi connectivity index (χ1) is 11.7. The van der Waals surface area contributed by atoms with E-state index in [0.717, 1.165) is 0 Å². The summed E-state index contributed by atoms with van der Waals surface area (Å²) in [5, 5.41) is 0. The minimum atomic E-state index is -0.790. The average Bonchev–Trinajstić information content (AvgIpc) is 3.22. The van der Waals surface area contributed by atoms with Gasteiger partial charge in [-0.1, -0.05) is 26.8 Å². The SMILES string of the molecule is CO[C@@H]1C[C@]2([C@H](OC)O1)[C@H](C(C)(C)C)C[C@H]1OC(=O)[C@@H]3C(=O)C=C[C@@]312. The maximum atomic E-state index is 12.5. The summed E-state index contributed by atoms with van der Waals surface area (Å²) in [5.41, 5.74) is -1.34. The summed E-state index contributed by atoms with van der Waals surface area (Å²) in [5.74, 6) is -1.22. The highest BCUT2D eigenvalue weighted by Gasteiger charge is 2.81. The van der Waals surface area contributed by atoms with Crippen LogP contribution >= 0.6 is 0 Å². The lowest BCUT2D eigenvalue weighted by Gasteiger charge is -2.49. The van der Waals surface area contributed by atoms with Gasteiger partial charge in [0.2, 0.25) is 0 Å². The first-order valence-electron chi connectivity index (χ1n) is 8.87. The topological polar surface area (TPSA) is 71.1 Å². The molecule has 0 unspecified atom stereocenters. The first kappa shape index (κ1) is 17.2. The van der Waals surface area contributed by atoms with Crippen LogP contribution in [-0.4, -0.2) is 44.7 Å². The Morgan fingerprint density at radius 2 is 1.92 bits per heavy atom. The van der Waals surface area contributed by atoms with Gasteiger partial charge in [-0.05, 0) is 23.8 Å². The van der Waals surface area contributed by atoms with Crippen molar-refractivity contribution in [3.63, 3.8) is 0 Å². The second kappa shape index (κ2) is 5.15. The van der Waals surface area contributed by atoms with Crippen LogP contribution < -0.4 is 0 Å².